The first-order valence-electron chi connectivity index (χ1n) is 6.17. The normalized spacial score (nSPS) is 12.5. The highest BCUT2D eigenvalue weighted by Gasteiger charge is 2.34. The van der Waals surface area contributed by atoms with Gasteiger partial charge in [-0.1, -0.05) is 64.6 Å². The van der Waals surface area contributed by atoms with Crippen molar-refractivity contribution in [3.05, 3.63) is 59.4 Å². The summed E-state index contributed by atoms with van der Waals surface area (Å²) in [5.41, 5.74) is 0.740. The van der Waals surface area contributed by atoms with Crippen LogP contribution in [0.3, 0.4) is 0 Å². The van der Waals surface area contributed by atoms with E-state index in [-0.39, 0.29) is 5.69 Å². The zero-order chi connectivity index (χ0) is 16.2. The Kier molecular flexibility index (Phi) is 5.75. The molecule has 1 amide bonds. The van der Waals surface area contributed by atoms with Gasteiger partial charge >= 0.3 is 0 Å². The molecule has 8 heteroatoms. The van der Waals surface area contributed by atoms with Gasteiger partial charge in [-0.05, 0) is 24.3 Å². The monoisotopic (exact) mass is 377 g/mol. The predicted molar refractivity (Wildman–Crippen MR) is 90.9 cm³/mol. The largest absolute Gasteiger partial charge is 0.361 e. The van der Waals surface area contributed by atoms with Gasteiger partial charge < -0.3 is 10.6 Å². The van der Waals surface area contributed by atoms with Crippen molar-refractivity contribution in [1.29, 1.82) is 0 Å². The molecule has 1 heterocycles. The molecule has 0 spiro atoms. The summed E-state index contributed by atoms with van der Waals surface area (Å²) in [4.78, 5) is 16.1. The second-order valence-corrected chi connectivity index (χ2v) is 7.06. The average Bonchev–Trinajstić information content (AvgIpc) is 2.48. The summed E-state index contributed by atoms with van der Waals surface area (Å²) < 4.78 is -1.79. The summed E-state index contributed by atoms with van der Waals surface area (Å²) in [6.45, 7) is 0. The van der Waals surface area contributed by atoms with E-state index in [1.165, 1.54) is 6.20 Å². The molecule has 1 aromatic carbocycles. The van der Waals surface area contributed by atoms with Gasteiger partial charge in [0.1, 0.15) is 11.9 Å². The number of carbonyl (C=O) groups is 1. The van der Waals surface area contributed by atoms with Crippen molar-refractivity contribution in [2.45, 2.75) is 9.96 Å². The second-order valence-electron chi connectivity index (χ2n) is 4.29. The average molecular weight is 379 g/mol. The first-order chi connectivity index (χ1) is 10.4. The van der Waals surface area contributed by atoms with Crippen LogP contribution >= 0.6 is 46.4 Å². The lowest BCUT2D eigenvalue weighted by atomic mass is 10.3. The minimum Gasteiger partial charge on any atom is -0.361 e. The molecule has 2 N–H and O–H groups in total. The molecule has 0 aliphatic heterocycles. The molecule has 2 rings (SSSR count). The van der Waals surface area contributed by atoms with Gasteiger partial charge in [0.25, 0.3) is 5.91 Å². The Balaban J connectivity index is 2.18. The summed E-state index contributed by atoms with van der Waals surface area (Å²) in [6.07, 6.45) is 0.507. The first-order valence-corrected chi connectivity index (χ1v) is 7.69. The zero-order valence-corrected chi connectivity index (χ0v) is 14.1. The number of nitrogens with zero attached hydrogens (tertiary/aromatic N) is 1. The van der Waals surface area contributed by atoms with Crippen molar-refractivity contribution in [3.8, 4) is 0 Å². The minimum absolute atomic E-state index is 0.211. The standard InChI is InChI=1S/C14H11Cl4N3O/c15-9-5-1-2-6-10(9)20-13(14(16,17)18)21-12(22)11-7-3-4-8-19-11/h1-8,13,20H,(H,21,22). The molecule has 0 aliphatic rings. The molecule has 1 aromatic heterocycles. The predicted octanol–water partition coefficient (Wildman–Crippen LogP) is 4.27. The number of pyridine rings is 1. The molecule has 1 atom stereocenters. The number of nitrogens with one attached hydrogen (secondary N) is 2. The van der Waals surface area contributed by atoms with Gasteiger partial charge in [-0.3, -0.25) is 9.78 Å². The van der Waals surface area contributed by atoms with Crippen LogP contribution in [0.5, 0.6) is 0 Å². The highest BCUT2D eigenvalue weighted by atomic mass is 35.6. The van der Waals surface area contributed by atoms with Crippen LogP contribution in [-0.2, 0) is 0 Å². The molecule has 1 unspecified atom stereocenters. The molecule has 2 aromatic rings. The van der Waals surface area contributed by atoms with Gasteiger partial charge in [-0.15, -0.1) is 0 Å². The maximum absolute atomic E-state index is 12.2. The molecule has 0 radical (unpaired) electrons. The van der Waals surface area contributed by atoms with Gasteiger partial charge in [-0.25, -0.2) is 0 Å². The minimum atomic E-state index is -1.79. The highest BCUT2D eigenvalue weighted by molar-refractivity contribution is 6.68. The van der Waals surface area contributed by atoms with Crippen molar-refractivity contribution in [2.24, 2.45) is 0 Å². The Hall–Kier alpha value is -1.20. The van der Waals surface area contributed by atoms with Crippen molar-refractivity contribution in [3.63, 3.8) is 0 Å². The Labute approximate surface area is 147 Å². The maximum Gasteiger partial charge on any atom is 0.271 e. The molecular formula is C14H11Cl4N3O. The van der Waals surface area contributed by atoms with Crippen LogP contribution in [0.15, 0.2) is 48.7 Å². The van der Waals surface area contributed by atoms with Crippen LogP contribution in [0.25, 0.3) is 0 Å². The molecule has 116 valence electrons. The number of anilines is 1. The van der Waals surface area contributed by atoms with Crippen LogP contribution in [0.2, 0.25) is 5.02 Å². The number of hydrogen-bond acceptors (Lipinski definition) is 3. The van der Waals surface area contributed by atoms with E-state index in [9.17, 15) is 4.79 Å². The van der Waals surface area contributed by atoms with E-state index in [1.54, 1.807) is 42.5 Å². The summed E-state index contributed by atoms with van der Waals surface area (Å²) >= 11 is 23.8. The van der Waals surface area contributed by atoms with Gasteiger partial charge in [-0.2, -0.15) is 0 Å². The number of carbonyl (C=O) groups excluding carboxylic acids is 1. The van der Waals surface area contributed by atoms with E-state index in [2.05, 4.69) is 15.6 Å². The number of amides is 1. The van der Waals surface area contributed by atoms with Crippen LogP contribution < -0.4 is 10.6 Å². The molecule has 4 nitrogen and oxygen atoms in total. The third kappa shape index (κ3) is 4.65. The number of benzene rings is 1. The fraction of sp³-hybridized carbons (Fsp3) is 0.143. The molecule has 0 aliphatic carbocycles. The van der Waals surface area contributed by atoms with E-state index < -0.39 is 15.9 Å². The van der Waals surface area contributed by atoms with Crippen LogP contribution in [0.1, 0.15) is 10.5 Å². The Morgan fingerprint density at radius 1 is 1.09 bits per heavy atom. The second kappa shape index (κ2) is 7.38. The van der Waals surface area contributed by atoms with E-state index in [1.807, 2.05) is 0 Å². The van der Waals surface area contributed by atoms with Gasteiger partial charge in [0.05, 0.1) is 10.7 Å². The Bertz CT molecular complexity index is 646. The van der Waals surface area contributed by atoms with E-state index in [0.717, 1.165) is 0 Å². The molecule has 0 saturated carbocycles. The quantitative estimate of drug-likeness (QED) is 0.616. The summed E-state index contributed by atoms with van der Waals surface area (Å²) in [5.74, 6) is -0.475. The van der Waals surface area contributed by atoms with Crippen molar-refractivity contribution in [2.75, 3.05) is 5.32 Å². The van der Waals surface area contributed by atoms with Crippen molar-refractivity contribution >= 4 is 58.0 Å². The molecular weight excluding hydrogens is 368 g/mol. The lowest BCUT2D eigenvalue weighted by Crippen LogP contribution is -2.49. The third-order valence-corrected chi connectivity index (χ3v) is 3.66. The number of para-hydroxylation sites is 1. The molecule has 0 fully saturated rings. The Morgan fingerprint density at radius 2 is 1.77 bits per heavy atom. The topological polar surface area (TPSA) is 54.0 Å². The van der Waals surface area contributed by atoms with Crippen LogP contribution in [0.4, 0.5) is 5.69 Å². The molecule has 22 heavy (non-hydrogen) atoms. The Morgan fingerprint density at radius 3 is 2.36 bits per heavy atom. The summed E-state index contributed by atoms with van der Waals surface area (Å²) in [5, 5.41) is 5.92. The maximum atomic E-state index is 12.2. The van der Waals surface area contributed by atoms with Gasteiger partial charge in [0.15, 0.2) is 0 Å². The zero-order valence-electron chi connectivity index (χ0n) is 11.1. The van der Waals surface area contributed by atoms with Crippen LogP contribution in [-0.4, -0.2) is 20.8 Å². The van der Waals surface area contributed by atoms with E-state index in [4.69, 9.17) is 46.4 Å². The number of hydrogen-bond donors (Lipinski definition) is 2. The number of rotatable bonds is 4. The van der Waals surface area contributed by atoms with Crippen molar-refractivity contribution < 1.29 is 4.79 Å². The third-order valence-electron chi connectivity index (χ3n) is 2.67. The van der Waals surface area contributed by atoms with E-state index >= 15 is 0 Å². The number of halogens is 4. The van der Waals surface area contributed by atoms with Crippen molar-refractivity contribution in [1.82, 2.24) is 10.3 Å². The van der Waals surface area contributed by atoms with E-state index in [0.29, 0.717) is 10.7 Å². The first kappa shape index (κ1) is 17.2. The molecule has 0 bridgehead atoms. The van der Waals surface area contributed by atoms with Crippen LogP contribution in [0, 0.1) is 0 Å². The fourth-order valence-corrected chi connectivity index (χ4v) is 2.15. The van der Waals surface area contributed by atoms with Gasteiger partial charge in [0.2, 0.25) is 3.79 Å². The highest BCUT2D eigenvalue weighted by Crippen LogP contribution is 2.32. The summed E-state index contributed by atoms with van der Waals surface area (Å²) in [6, 6.07) is 11.9. The van der Waals surface area contributed by atoms with Gasteiger partial charge in [0, 0.05) is 6.20 Å². The smallest absolute Gasteiger partial charge is 0.271 e. The number of alkyl halides is 3. The molecule has 0 saturated heterocycles. The lowest BCUT2D eigenvalue weighted by Gasteiger charge is -2.27. The SMILES string of the molecule is O=C(NC(Nc1ccccc1Cl)C(Cl)(Cl)Cl)c1ccccn1. The lowest BCUT2D eigenvalue weighted by molar-refractivity contribution is 0.0937. The number of aromatic nitrogens is 1. The summed E-state index contributed by atoms with van der Waals surface area (Å²) in [7, 11) is 0. The fourth-order valence-electron chi connectivity index (χ4n) is 1.64.